The zero-order valence-corrected chi connectivity index (χ0v) is 9.32. The molecule has 15 heavy (non-hydrogen) atoms. The summed E-state index contributed by atoms with van der Waals surface area (Å²) in [5, 5.41) is 3.24. The molecule has 0 aliphatic rings. The Hall–Kier alpha value is -1.13. The summed E-state index contributed by atoms with van der Waals surface area (Å²) >= 11 is 0. The average molecular weight is 210 g/mol. The highest BCUT2D eigenvalue weighted by atomic mass is 16.5. The number of nitrogens with zero attached hydrogens (tertiary/aromatic N) is 1. The van der Waals surface area contributed by atoms with Gasteiger partial charge in [0.2, 0.25) is 5.88 Å². The molecule has 0 aromatic carbocycles. The molecule has 0 saturated carbocycles. The van der Waals surface area contributed by atoms with E-state index in [0.717, 1.165) is 32.0 Å². The van der Waals surface area contributed by atoms with E-state index in [9.17, 15) is 0 Å². The molecule has 0 saturated heterocycles. The predicted octanol–water partition coefficient (Wildman–Crippen LogP) is 1.22. The van der Waals surface area contributed by atoms with Crippen LogP contribution in [0.3, 0.4) is 0 Å². The van der Waals surface area contributed by atoms with Gasteiger partial charge in [-0.3, -0.25) is 0 Å². The monoisotopic (exact) mass is 210 g/mol. The summed E-state index contributed by atoms with van der Waals surface area (Å²) in [4.78, 5) is 4.28. The standard InChI is InChI=1S/C11H18N2O2/c1-3-15-8-7-12-9-10-5-4-6-11(13-10)14-2/h4-6,12H,3,7-9H2,1-2H3. The number of pyridine rings is 1. The van der Waals surface area contributed by atoms with Crippen LogP contribution in [0.2, 0.25) is 0 Å². The molecule has 0 spiro atoms. The van der Waals surface area contributed by atoms with Crippen LogP contribution in [0.1, 0.15) is 12.6 Å². The van der Waals surface area contributed by atoms with Crippen molar-refractivity contribution in [3.05, 3.63) is 23.9 Å². The Morgan fingerprint density at radius 1 is 1.40 bits per heavy atom. The lowest BCUT2D eigenvalue weighted by molar-refractivity contribution is 0.149. The molecule has 0 fully saturated rings. The van der Waals surface area contributed by atoms with Crippen molar-refractivity contribution in [1.29, 1.82) is 0 Å². The lowest BCUT2D eigenvalue weighted by Gasteiger charge is -2.05. The second-order valence-electron chi connectivity index (χ2n) is 3.04. The molecule has 0 amide bonds. The smallest absolute Gasteiger partial charge is 0.213 e. The fraction of sp³-hybridized carbons (Fsp3) is 0.545. The quantitative estimate of drug-likeness (QED) is 0.687. The van der Waals surface area contributed by atoms with Crippen LogP contribution in [-0.2, 0) is 11.3 Å². The fourth-order valence-corrected chi connectivity index (χ4v) is 1.17. The van der Waals surface area contributed by atoms with Gasteiger partial charge in [0.05, 0.1) is 19.4 Å². The molecule has 1 heterocycles. The number of hydrogen-bond acceptors (Lipinski definition) is 4. The van der Waals surface area contributed by atoms with Crippen LogP contribution >= 0.6 is 0 Å². The van der Waals surface area contributed by atoms with Crippen molar-refractivity contribution in [1.82, 2.24) is 10.3 Å². The lowest BCUT2D eigenvalue weighted by Crippen LogP contribution is -2.19. The van der Waals surface area contributed by atoms with Gasteiger partial charge in [0.25, 0.3) is 0 Å². The van der Waals surface area contributed by atoms with E-state index in [0.29, 0.717) is 5.88 Å². The van der Waals surface area contributed by atoms with Gasteiger partial charge >= 0.3 is 0 Å². The number of rotatable bonds is 7. The molecule has 4 heteroatoms. The first-order chi connectivity index (χ1) is 7.36. The van der Waals surface area contributed by atoms with Gasteiger partial charge in [-0.05, 0) is 13.0 Å². The molecule has 0 bridgehead atoms. The van der Waals surface area contributed by atoms with Crippen LogP contribution in [0.4, 0.5) is 0 Å². The van der Waals surface area contributed by atoms with E-state index < -0.39 is 0 Å². The third kappa shape index (κ3) is 4.76. The van der Waals surface area contributed by atoms with E-state index in [1.54, 1.807) is 7.11 Å². The molecule has 84 valence electrons. The minimum Gasteiger partial charge on any atom is -0.481 e. The van der Waals surface area contributed by atoms with Crippen molar-refractivity contribution in [2.75, 3.05) is 26.9 Å². The van der Waals surface area contributed by atoms with E-state index in [1.807, 2.05) is 25.1 Å². The Labute approximate surface area is 90.6 Å². The van der Waals surface area contributed by atoms with Gasteiger partial charge in [0.1, 0.15) is 0 Å². The SMILES string of the molecule is CCOCCNCc1cccc(OC)n1. The molecule has 1 N–H and O–H groups in total. The number of hydrogen-bond donors (Lipinski definition) is 1. The van der Waals surface area contributed by atoms with Gasteiger partial charge in [-0.2, -0.15) is 0 Å². The molecule has 4 nitrogen and oxygen atoms in total. The van der Waals surface area contributed by atoms with Crippen molar-refractivity contribution in [2.24, 2.45) is 0 Å². The third-order valence-corrected chi connectivity index (χ3v) is 1.92. The van der Waals surface area contributed by atoms with Gasteiger partial charge in [-0.15, -0.1) is 0 Å². The number of nitrogens with one attached hydrogen (secondary N) is 1. The Morgan fingerprint density at radius 2 is 2.27 bits per heavy atom. The minimum atomic E-state index is 0.652. The predicted molar refractivity (Wildman–Crippen MR) is 59.0 cm³/mol. The highest BCUT2D eigenvalue weighted by molar-refractivity contribution is 5.15. The summed E-state index contributed by atoms with van der Waals surface area (Å²) in [6, 6.07) is 5.74. The summed E-state index contributed by atoms with van der Waals surface area (Å²) in [5.41, 5.74) is 0.978. The topological polar surface area (TPSA) is 43.4 Å². The summed E-state index contributed by atoms with van der Waals surface area (Å²) < 4.78 is 10.2. The second kappa shape index (κ2) is 7.20. The van der Waals surface area contributed by atoms with Crippen molar-refractivity contribution in [3.8, 4) is 5.88 Å². The maximum atomic E-state index is 5.21. The molecular weight excluding hydrogens is 192 g/mol. The van der Waals surface area contributed by atoms with Crippen LogP contribution in [-0.4, -0.2) is 31.9 Å². The van der Waals surface area contributed by atoms with Gasteiger partial charge in [0, 0.05) is 25.8 Å². The minimum absolute atomic E-state index is 0.652. The van der Waals surface area contributed by atoms with E-state index >= 15 is 0 Å². The molecule has 1 aromatic heterocycles. The van der Waals surface area contributed by atoms with Crippen molar-refractivity contribution in [2.45, 2.75) is 13.5 Å². The van der Waals surface area contributed by atoms with E-state index in [2.05, 4.69) is 10.3 Å². The summed E-state index contributed by atoms with van der Waals surface area (Å²) in [6.07, 6.45) is 0. The first-order valence-corrected chi connectivity index (χ1v) is 5.15. The Kier molecular flexibility index (Phi) is 5.73. The van der Waals surface area contributed by atoms with Gasteiger partial charge in [-0.1, -0.05) is 6.07 Å². The van der Waals surface area contributed by atoms with Crippen molar-refractivity contribution < 1.29 is 9.47 Å². The van der Waals surface area contributed by atoms with Crippen LogP contribution in [0.5, 0.6) is 5.88 Å². The Morgan fingerprint density at radius 3 is 3.00 bits per heavy atom. The van der Waals surface area contributed by atoms with Gasteiger partial charge < -0.3 is 14.8 Å². The first-order valence-electron chi connectivity index (χ1n) is 5.15. The fourth-order valence-electron chi connectivity index (χ4n) is 1.17. The lowest BCUT2D eigenvalue weighted by atomic mass is 10.3. The molecule has 1 aromatic rings. The Bertz CT molecular complexity index is 279. The largest absolute Gasteiger partial charge is 0.481 e. The maximum absolute atomic E-state index is 5.21. The first kappa shape index (κ1) is 11.9. The normalized spacial score (nSPS) is 10.3. The van der Waals surface area contributed by atoms with E-state index in [4.69, 9.17) is 9.47 Å². The zero-order chi connectivity index (χ0) is 10.9. The molecule has 0 unspecified atom stereocenters. The second-order valence-corrected chi connectivity index (χ2v) is 3.04. The summed E-state index contributed by atoms with van der Waals surface area (Å²) in [6.45, 7) is 5.07. The number of ether oxygens (including phenoxy) is 2. The molecule has 1 rings (SSSR count). The highest BCUT2D eigenvalue weighted by Gasteiger charge is 1.96. The summed E-state index contributed by atoms with van der Waals surface area (Å²) in [5.74, 6) is 0.652. The molecular formula is C11H18N2O2. The van der Waals surface area contributed by atoms with Crippen molar-refractivity contribution in [3.63, 3.8) is 0 Å². The van der Waals surface area contributed by atoms with E-state index in [1.165, 1.54) is 0 Å². The molecule has 0 atom stereocenters. The number of methoxy groups -OCH3 is 1. The third-order valence-electron chi connectivity index (χ3n) is 1.92. The number of aromatic nitrogens is 1. The van der Waals surface area contributed by atoms with Crippen molar-refractivity contribution >= 4 is 0 Å². The van der Waals surface area contributed by atoms with Gasteiger partial charge in [0.15, 0.2) is 0 Å². The molecule has 0 aliphatic heterocycles. The maximum Gasteiger partial charge on any atom is 0.213 e. The summed E-state index contributed by atoms with van der Waals surface area (Å²) in [7, 11) is 1.62. The van der Waals surface area contributed by atoms with Crippen LogP contribution in [0.25, 0.3) is 0 Å². The zero-order valence-electron chi connectivity index (χ0n) is 9.32. The molecule has 0 aliphatic carbocycles. The molecule has 0 radical (unpaired) electrons. The van der Waals surface area contributed by atoms with E-state index in [-0.39, 0.29) is 0 Å². The average Bonchev–Trinajstić information content (AvgIpc) is 2.29. The van der Waals surface area contributed by atoms with Crippen LogP contribution in [0.15, 0.2) is 18.2 Å². The van der Waals surface area contributed by atoms with Crippen LogP contribution in [0, 0.1) is 0 Å². The Balaban J connectivity index is 2.24. The highest BCUT2D eigenvalue weighted by Crippen LogP contribution is 2.05. The van der Waals surface area contributed by atoms with Gasteiger partial charge in [-0.25, -0.2) is 4.98 Å². The van der Waals surface area contributed by atoms with Crippen LogP contribution < -0.4 is 10.1 Å².